The highest BCUT2D eigenvalue weighted by atomic mass is 16.3. The molecule has 276 valence electrons. The SMILES string of the molecule is C=C(N=C(N=Cc1ccccc1)c1cccc2oc3c(-c4ccccc4)cc(-c4ccccc4)cc3c12)c1ccc2c3ccccc3n(-c3cc(C)cc(C)c3)c2c1. The van der Waals surface area contributed by atoms with E-state index in [0.29, 0.717) is 11.5 Å². The smallest absolute Gasteiger partial charge is 0.160 e. The van der Waals surface area contributed by atoms with Gasteiger partial charge in [-0.3, -0.25) is 0 Å². The molecule has 4 heteroatoms. The maximum atomic E-state index is 6.79. The van der Waals surface area contributed by atoms with Crippen molar-refractivity contribution in [2.45, 2.75) is 13.8 Å². The minimum absolute atomic E-state index is 0.545. The third kappa shape index (κ3) is 6.31. The molecule has 0 fully saturated rings. The second-order valence-corrected chi connectivity index (χ2v) is 14.9. The lowest BCUT2D eigenvalue weighted by molar-refractivity contribution is 0.670. The van der Waals surface area contributed by atoms with Gasteiger partial charge in [-0.05, 0) is 89.7 Å². The summed E-state index contributed by atoms with van der Waals surface area (Å²) in [5.41, 5.74) is 15.1. The third-order valence-corrected chi connectivity index (χ3v) is 10.9. The first-order chi connectivity index (χ1) is 28.5. The Kier molecular flexibility index (Phi) is 8.73. The number of hydrogen-bond acceptors (Lipinski definition) is 2. The lowest BCUT2D eigenvalue weighted by atomic mass is 9.95. The minimum atomic E-state index is 0.545. The number of amidine groups is 1. The second-order valence-electron chi connectivity index (χ2n) is 14.9. The van der Waals surface area contributed by atoms with E-state index in [1.807, 2.05) is 60.8 Å². The van der Waals surface area contributed by atoms with Crippen molar-refractivity contribution in [3.63, 3.8) is 0 Å². The van der Waals surface area contributed by atoms with Crippen LogP contribution in [0.15, 0.2) is 203 Å². The molecule has 0 atom stereocenters. The van der Waals surface area contributed by atoms with Gasteiger partial charge >= 0.3 is 0 Å². The Labute approximate surface area is 337 Å². The van der Waals surface area contributed by atoms with Crippen molar-refractivity contribution in [2.24, 2.45) is 9.98 Å². The highest BCUT2D eigenvalue weighted by molar-refractivity contribution is 6.22. The molecule has 0 aliphatic heterocycles. The van der Waals surface area contributed by atoms with E-state index < -0.39 is 0 Å². The van der Waals surface area contributed by atoms with Crippen LogP contribution < -0.4 is 0 Å². The van der Waals surface area contributed by atoms with Crippen LogP contribution in [-0.2, 0) is 0 Å². The molecule has 2 aromatic heterocycles. The molecule has 0 bridgehead atoms. The Morgan fingerprint density at radius 2 is 1.24 bits per heavy atom. The van der Waals surface area contributed by atoms with Crippen molar-refractivity contribution in [2.75, 3.05) is 0 Å². The largest absolute Gasteiger partial charge is 0.455 e. The molecule has 10 aromatic rings. The van der Waals surface area contributed by atoms with Crippen LogP contribution in [-0.4, -0.2) is 16.6 Å². The summed E-state index contributed by atoms with van der Waals surface area (Å²) in [5, 5.41) is 4.33. The van der Waals surface area contributed by atoms with E-state index >= 15 is 0 Å². The molecule has 0 saturated heterocycles. The number of nitrogens with zero attached hydrogens (tertiary/aromatic N) is 3. The fraction of sp³-hybridized carbons (Fsp3) is 0.0370. The topological polar surface area (TPSA) is 42.8 Å². The number of aromatic nitrogens is 1. The molecular weight excluding hydrogens is 707 g/mol. The molecule has 0 saturated carbocycles. The molecule has 0 unspecified atom stereocenters. The lowest BCUT2D eigenvalue weighted by Gasteiger charge is -2.11. The first kappa shape index (κ1) is 34.9. The Morgan fingerprint density at radius 3 is 2.00 bits per heavy atom. The summed E-state index contributed by atoms with van der Waals surface area (Å²) >= 11 is 0. The normalized spacial score (nSPS) is 12.1. The fourth-order valence-corrected chi connectivity index (χ4v) is 8.28. The number of furan rings is 1. The average molecular weight is 746 g/mol. The summed E-state index contributed by atoms with van der Waals surface area (Å²) in [6.45, 7) is 8.88. The summed E-state index contributed by atoms with van der Waals surface area (Å²) in [5.74, 6) is 0.545. The zero-order valence-corrected chi connectivity index (χ0v) is 32.4. The molecular formula is C54H39N3O. The van der Waals surface area contributed by atoms with E-state index in [1.54, 1.807) is 0 Å². The van der Waals surface area contributed by atoms with Gasteiger partial charge in [-0.1, -0.05) is 146 Å². The van der Waals surface area contributed by atoms with Gasteiger partial charge in [0.25, 0.3) is 0 Å². The molecule has 0 aliphatic carbocycles. The highest BCUT2D eigenvalue weighted by Gasteiger charge is 2.20. The summed E-state index contributed by atoms with van der Waals surface area (Å²) in [4.78, 5) is 10.4. The van der Waals surface area contributed by atoms with Crippen LogP contribution in [0.1, 0.15) is 27.8 Å². The van der Waals surface area contributed by atoms with Crippen molar-refractivity contribution in [1.82, 2.24) is 4.57 Å². The Bertz CT molecular complexity index is 3220. The number of rotatable bonds is 7. The van der Waals surface area contributed by atoms with Crippen LogP contribution >= 0.6 is 0 Å². The first-order valence-electron chi connectivity index (χ1n) is 19.6. The van der Waals surface area contributed by atoms with Crippen LogP contribution in [0.5, 0.6) is 0 Å². The van der Waals surface area contributed by atoms with Gasteiger partial charge < -0.3 is 8.98 Å². The zero-order chi connectivity index (χ0) is 39.2. The van der Waals surface area contributed by atoms with Crippen molar-refractivity contribution >= 4 is 61.5 Å². The molecule has 0 radical (unpaired) electrons. The van der Waals surface area contributed by atoms with Gasteiger partial charge in [-0.25, -0.2) is 9.98 Å². The number of para-hydroxylation sites is 1. The Hall–Kier alpha value is -7.56. The van der Waals surface area contributed by atoms with E-state index in [0.717, 1.165) is 77.6 Å². The van der Waals surface area contributed by atoms with Gasteiger partial charge in [-0.15, -0.1) is 0 Å². The number of fused-ring (bicyclic) bond motifs is 6. The summed E-state index contributed by atoms with van der Waals surface area (Å²) in [7, 11) is 0. The fourth-order valence-electron chi connectivity index (χ4n) is 8.28. The minimum Gasteiger partial charge on any atom is -0.455 e. The van der Waals surface area contributed by atoms with E-state index in [9.17, 15) is 0 Å². The van der Waals surface area contributed by atoms with Gasteiger partial charge in [0.2, 0.25) is 0 Å². The van der Waals surface area contributed by atoms with Crippen LogP contribution in [0.3, 0.4) is 0 Å². The van der Waals surface area contributed by atoms with Gasteiger partial charge in [0.05, 0.1) is 16.7 Å². The molecule has 58 heavy (non-hydrogen) atoms. The molecule has 0 N–H and O–H groups in total. The van der Waals surface area contributed by atoms with Crippen LogP contribution in [0.4, 0.5) is 0 Å². The predicted octanol–water partition coefficient (Wildman–Crippen LogP) is 14.2. The summed E-state index contributed by atoms with van der Waals surface area (Å²) < 4.78 is 9.14. The summed E-state index contributed by atoms with van der Waals surface area (Å²) in [6, 6.07) is 63.5. The van der Waals surface area contributed by atoms with Gasteiger partial charge in [0.1, 0.15) is 11.2 Å². The lowest BCUT2D eigenvalue weighted by Crippen LogP contribution is -2.01. The standard InChI is InChI=1S/C54H39N3O/c1-35-28-36(2)30-43(29-35)57-49-24-14-13-22-44(49)45-27-26-41(33-50(45)57)37(3)56-54(55-34-38-16-7-4-8-17-38)46-23-15-25-51-52(46)48-32-42(39-18-9-5-10-19-39)31-47(53(48)58-51)40-20-11-6-12-21-40/h4-34H,3H2,1-2H3. The monoisotopic (exact) mass is 745 g/mol. The third-order valence-electron chi connectivity index (χ3n) is 10.9. The molecule has 0 aliphatic rings. The second kappa shape index (κ2) is 14.5. The van der Waals surface area contributed by atoms with E-state index in [-0.39, 0.29) is 0 Å². The van der Waals surface area contributed by atoms with Crippen molar-refractivity contribution in [3.8, 4) is 27.9 Å². The number of benzene rings is 8. The molecule has 0 amide bonds. The van der Waals surface area contributed by atoms with Gasteiger partial charge in [0, 0.05) is 50.1 Å². The van der Waals surface area contributed by atoms with E-state index in [1.165, 1.54) is 21.9 Å². The van der Waals surface area contributed by atoms with Crippen molar-refractivity contribution in [1.29, 1.82) is 0 Å². The molecule has 4 nitrogen and oxygen atoms in total. The molecule has 8 aromatic carbocycles. The maximum absolute atomic E-state index is 6.79. The number of aryl methyl sites for hydroxylation is 2. The predicted molar refractivity (Wildman–Crippen MR) is 244 cm³/mol. The quantitative estimate of drug-likeness (QED) is 0.118. The number of aliphatic imine (C=N–C) groups is 2. The zero-order valence-electron chi connectivity index (χ0n) is 32.4. The molecule has 0 spiro atoms. The summed E-state index contributed by atoms with van der Waals surface area (Å²) in [6.07, 6.45) is 1.87. The van der Waals surface area contributed by atoms with Crippen LogP contribution in [0.25, 0.3) is 77.4 Å². The Balaban J connectivity index is 1.19. The van der Waals surface area contributed by atoms with Gasteiger partial charge in [-0.2, -0.15) is 0 Å². The van der Waals surface area contributed by atoms with Crippen LogP contribution in [0.2, 0.25) is 0 Å². The Morgan fingerprint density at radius 1 is 0.569 bits per heavy atom. The van der Waals surface area contributed by atoms with Crippen LogP contribution in [0, 0.1) is 13.8 Å². The van der Waals surface area contributed by atoms with Gasteiger partial charge in [0.15, 0.2) is 5.84 Å². The van der Waals surface area contributed by atoms with E-state index in [4.69, 9.17) is 14.4 Å². The molecule has 2 heterocycles. The van der Waals surface area contributed by atoms with E-state index in [2.05, 4.69) is 152 Å². The first-order valence-corrected chi connectivity index (χ1v) is 19.6. The maximum Gasteiger partial charge on any atom is 0.160 e. The number of hydrogen-bond donors (Lipinski definition) is 0. The highest BCUT2D eigenvalue weighted by Crippen LogP contribution is 2.41. The average Bonchev–Trinajstić information content (AvgIpc) is 3.81. The van der Waals surface area contributed by atoms with Crippen molar-refractivity contribution < 1.29 is 4.42 Å². The molecule has 10 rings (SSSR count). The van der Waals surface area contributed by atoms with Crippen molar-refractivity contribution in [3.05, 3.63) is 216 Å².